The number of aliphatic carboxylic acids is 1. The van der Waals surface area contributed by atoms with E-state index in [1.807, 2.05) is 27.7 Å². The molecular weight excluding hydrogens is 282 g/mol. The summed E-state index contributed by atoms with van der Waals surface area (Å²) in [7, 11) is 0. The fourth-order valence-electron chi connectivity index (χ4n) is 1.91. The molecule has 5 heteroatoms. The Balaban J connectivity index is 2.74. The highest BCUT2D eigenvalue weighted by Crippen LogP contribution is 2.15. The number of rotatable bonds is 8. The average molecular weight is 307 g/mol. The fourth-order valence-corrected chi connectivity index (χ4v) is 1.91. The number of amides is 1. The molecule has 0 aromatic heterocycles. The van der Waals surface area contributed by atoms with Gasteiger partial charge in [-0.1, -0.05) is 27.2 Å². The van der Waals surface area contributed by atoms with Crippen LogP contribution in [0.4, 0.5) is 0 Å². The molecule has 0 spiro atoms. The molecule has 1 aromatic rings. The summed E-state index contributed by atoms with van der Waals surface area (Å²) in [6.07, 6.45) is 1.69. The van der Waals surface area contributed by atoms with E-state index < -0.39 is 12.0 Å². The second-order valence-electron chi connectivity index (χ2n) is 5.54. The average Bonchev–Trinajstić information content (AvgIpc) is 2.51. The van der Waals surface area contributed by atoms with Gasteiger partial charge in [0.1, 0.15) is 11.8 Å². The molecule has 0 fully saturated rings. The van der Waals surface area contributed by atoms with Crippen LogP contribution >= 0.6 is 0 Å². The van der Waals surface area contributed by atoms with E-state index in [1.165, 1.54) is 0 Å². The molecule has 0 saturated heterocycles. The number of hydrogen-bond donors (Lipinski definition) is 2. The Morgan fingerprint density at radius 1 is 1.14 bits per heavy atom. The van der Waals surface area contributed by atoms with Gasteiger partial charge in [-0.15, -0.1) is 0 Å². The van der Waals surface area contributed by atoms with Crippen molar-refractivity contribution in [3.8, 4) is 5.75 Å². The van der Waals surface area contributed by atoms with Crippen molar-refractivity contribution in [3.05, 3.63) is 29.8 Å². The molecule has 0 aliphatic carbocycles. The maximum atomic E-state index is 12.2. The molecule has 0 bridgehead atoms. The van der Waals surface area contributed by atoms with Crippen molar-refractivity contribution in [3.63, 3.8) is 0 Å². The van der Waals surface area contributed by atoms with Crippen LogP contribution in [-0.4, -0.2) is 29.1 Å². The molecule has 122 valence electrons. The predicted octanol–water partition coefficient (Wildman–Crippen LogP) is 3.09. The lowest BCUT2D eigenvalue weighted by Crippen LogP contribution is -2.45. The highest BCUT2D eigenvalue weighted by atomic mass is 16.5. The van der Waals surface area contributed by atoms with Gasteiger partial charge in [-0.05, 0) is 43.5 Å². The first kappa shape index (κ1) is 18.0. The summed E-state index contributed by atoms with van der Waals surface area (Å²) in [5.41, 5.74) is 0.422. The first-order chi connectivity index (χ1) is 10.4. The number of carboxylic acid groups (broad SMARTS) is 1. The molecule has 1 amide bonds. The van der Waals surface area contributed by atoms with Gasteiger partial charge in [0.15, 0.2) is 0 Å². The van der Waals surface area contributed by atoms with Crippen molar-refractivity contribution in [2.45, 2.75) is 52.7 Å². The third-order valence-electron chi connectivity index (χ3n) is 3.79. The van der Waals surface area contributed by atoms with Crippen LogP contribution in [0.15, 0.2) is 24.3 Å². The van der Waals surface area contributed by atoms with Gasteiger partial charge in [0, 0.05) is 5.56 Å². The highest BCUT2D eigenvalue weighted by Gasteiger charge is 2.25. The van der Waals surface area contributed by atoms with E-state index in [4.69, 9.17) is 4.74 Å². The van der Waals surface area contributed by atoms with E-state index in [-0.39, 0.29) is 17.9 Å². The van der Waals surface area contributed by atoms with Gasteiger partial charge in [-0.2, -0.15) is 0 Å². The number of carbonyl (C=O) groups excluding carboxylic acids is 1. The Bertz CT molecular complexity index is 498. The van der Waals surface area contributed by atoms with E-state index in [0.717, 1.165) is 6.42 Å². The molecule has 3 atom stereocenters. The molecule has 0 aliphatic heterocycles. The number of ether oxygens (including phenoxy) is 1. The van der Waals surface area contributed by atoms with Gasteiger partial charge in [0.2, 0.25) is 0 Å². The van der Waals surface area contributed by atoms with Crippen LogP contribution in [0.1, 0.15) is 50.9 Å². The molecule has 0 heterocycles. The Morgan fingerprint density at radius 3 is 2.18 bits per heavy atom. The van der Waals surface area contributed by atoms with Crippen LogP contribution < -0.4 is 10.1 Å². The Kier molecular flexibility index (Phi) is 6.89. The molecule has 1 aromatic carbocycles. The van der Waals surface area contributed by atoms with Crippen molar-refractivity contribution < 1.29 is 19.4 Å². The normalized spacial score (nSPS) is 14.7. The minimum absolute atomic E-state index is 0.112. The quantitative estimate of drug-likeness (QED) is 0.774. The number of benzene rings is 1. The first-order valence-electron chi connectivity index (χ1n) is 7.69. The van der Waals surface area contributed by atoms with E-state index >= 15 is 0 Å². The zero-order valence-electron chi connectivity index (χ0n) is 13.6. The van der Waals surface area contributed by atoms with Crippen LogP contribution in [0.3, 0.4) is 0 Å². The van der Waals surface area contributed by atoms with Gasteiger partial charge < -0.3 is 15.2 Å². The van der Waals surface area contributed by atoms with E-state index in [9.17, 15) is 14.7 Å². The summed E-state index contributed by atoms with van der Waals surface area (Å²) in [6.45, 7) is 7.72. The monoisotopic (exact) mass is 307 g/mol. The highest BCUT2D eigenvalue weighted by molar-refractivity contribution is 5.96. The maximum Gasteiger partial charge on any atom is 0.326 e. The minimum atomic E-state index is -1.01. The van der Waals surface area contributed by atoms with Crippen molar-refractivity contribution in [2.75, 3.05) is 0 Å². The minimum Gasteiger partial charge on any atom is -0.491 e. The summed E-state index contributed by atoms with van der Waals surface area (Å²) >= 11 is 0. The van der Waals surface area contributed by atoms with Crippen molar-refractivity contribution in [1.82, 2.24) is 5.32 Å². The summed E-state index contributed by atoms with van der Waals surface area (Å²) in [5, 5.41) is 11.8. The van der Waals surface area contributed by atoms with Crippen molar-refractivity contribution in [2.24, 2.45) is 5.92 Å². The molecule has 0 radical (unpaired) electrons. The lowest BCUT2D eigenvalue weighted by atomic mass is 9.99. The Morgan fingerprint density at radius 2 is 1.73 bits per heavy atom. The predicted molar refractivity (Wildman–Crippen MR) is 85.2 cm³/mol. The second-order valence-corrected chi connectivity index (χ2v) is 5.54. The standard InChI is InChI=1S/C17H25NO4/c1-5-11(3)15(17(20)21)18-16(19)13-7-9-14(10-8-13)22-12(4)6-2/h7-12,15H,5-6H2,1-4H3,(H,18,19)(H,20,21)/t11-,12?,15-/m0/s1. The van der Waals surface area contributed by atoms with Gasteiger partial charge in [-0.25, -0.2) is 4.79 Å². The van der Waals surface area contributed by atoms with Gasteiger partial charge in [0.25, 0.3) is 5.91 Å². The van der Waals surface area contributed by atoms with Gasteiger partial charge in [0.05, 0.1) is 6.10 Å². The maximum absolute atomic E-state index is 12.2. The Labute approximate surface area is 131 Å². The summed E-state index contributed by atoms with van der Waals surface area (Å²) < 4.78 is 5.65. The number of hydrogen-bond acceptors (Lipinski definition) is 3. The van der Waals surface area contributed by atoms with E-state index in [1.54, 1.807) is 24.3 Å². The number of carbonyl (C=O) groups is 2. The molecule has 0 saturated carbocycles. The molecule has 22 heavy (non-hydrogen) atoms. The van der Waals surface area contributed by atoms with Crippen LogP contribution in [0, 0.1) is 5.92 Å². The summed E-state index contributed by atoms with van der Waals surface area (Å²) in [6, 6.07) is 5.85. The van der Waals surface area contributed by atoms with Crippen molar-refractivity contribution in [1.29, 1.82) is 0 Å². The molecule has 2 N–H and O–H groups in total. The van der Waals surface area contributed by atoms with Crippen LogP contribution in [-0.2, 0) is 4.79 Å². The first-order valence-corrected chi connectivity index (χ1v) is 7.69. The smallest absolute Gasteiger partial charge is 0.326 e. The van der Waals surface area contributed by atoms with Gasteiger partial charge >= 0.3 is 5.97 Å². The van der Waals surface area contributed by atoms with Gasteiger partial charge in [-0.3, -0.25) is 4.79 Å². The lowest BCUT2D eigenvalue weighted by molar-refractivity contribution is -0.140. The number of carboxylic acids is 1. The van der Waals surface area contributed by atoms with Crippen molar-refractivity contribution >= 4 is 11.9 Å². The van der Waals surface area contributed by atoms with Crippen LogP contribution in [0.5, 0.6) is 5.75 Å². The zero-order chi connectivity index (χ0) is 16.7. The SMILES string of the molecule is CCC(C)Oc1ccc(C(=O)N[C@H](C(=O)O)[C@@H](C)CC)cc1. The molecule has 1 unspecified atom stereocenters. The molecule has 1 rings (SSSR count). The zero-order valence-corrected chi connectivity index (χ0v) is 13.6. The second kappa shape index (κ2) is 8.41. The number of nitrogens with one attached hydrogen (secondary N) is 1. The summed E-state index contributed by atoms with van der Waals surface area (Å²) in [5.74, 6) is -0.834. The third-order valence-corrected chi connectivity index (χ3v) is 3.79. The largest absolute Gasteiger partial charge is 0.491 e. The van der Waals surface area contributed by atoms with Crippen LogP contribution in [0.25, 0.3) is 0 Å². The Hall–Kier alpha value is -2.04. The molecule has 5 nitrogen and oxygen atoms in total. The molecule has 0 aliphatic rings. The topological polar surface area (TPSA) is 75.6 Å². The lowest BCUT2D eigenvalue weighted by Gasteiger charge is -2.20. The fraction of sp³-hybridized carbons (Fsp3) is 0.529. The van der Waals surface area contributed by atoms with E-state index in [0.29, 0.717) is 17.7 Å². The molecular formula is C17H25NO4. The van der Waals surface area contributed by atoms with Crippen LogP contribution in [0.2, 0.25) is 0 Å². The summed E-state index contributed by atoms with van der Waals surface area (Å²) in [4.78, 5) is 23.4. The van der Waals surface area contributed by atoms with E-state index in [2.05, 4.69) is 5.32 Å². The third kappa shape index (κ3) is 5.06.